The maximum absolute atomic E-state index is 12.3. The highest BCUT2D eigenvalue weighted by Gasteiger charge is 2.14. The minimum atomic E-state index is -3.21. The van der Waals surface area contributed by atoms with Crippen LogP contribution in [0.5, 0.6) is 0 Å². The third-order valence-corrected chi connectivity index (χ3v) is 5.33. The van der Waals surface area contributed by atoms with Crippen molar-refractivity contribution in [1.82, 2.24) is 5.32 Å². The largest absolute Gasteiger partial charge is 0.349 e. The third kappa shape index (κ3) is 5.18. The molecule has 24 heavy (non-hydrogen) atoms. The van der Waals surface area contributed by atoms with Gasteiger partial charge in [-0.15, -0.1) is 0 Å². The van der Waals surface area contributed by atoms with Crippen molar-refractivity contribution in [3.05, 3.63) is 64.1 Å². The molecule has 1 amide bonds. The first kappa shape index (κ1) is 18.7. The molecular formula is C18H20BrNO3S. The Kier molecular flexibility index (Phi) is 6.18. The molecule has 2 aromatic carbocycles. The van der Waals surface area contributed by atoms with Gasteiger partial charge in [-0.25, -0.2) is 8.42 Å². The highest BCUT2D eigenvalue weighted by Crippen LogP contribution is 2.20. The van der Waals surface area contributed by atoms with Crippen LogP contribution in [0.4, 0.5) is 0 Å². The van der Waals surface area contributed by atoms with Crippen LogP contribution >= 0.6 is 15.9 Å². The Hall–Kier alpha value is -1.66. The Balaban J connectivity index is 2.07. The van der Waals surface area contributed by atoms with Crippen LogP contribution < -0.4 is 5.32 Å². The molecule has 1 unspecified atom stereocenters. The molecule has 1 atom stereocenters. The molecule has 0 heterocycles. The number of sulfone groups is 1. The Morgan fingerprint density at radius 2 is 1.83 bits per heavy atom. The molecule has 0 bridgehead atoms. The highest BCUT2D eigenvalue weighted by atomic mass is 79.9. The van der Waals surface area contributed by atoms with Crippen molar-refractivity contribution in [2.45, 2.75) is 30.7 Å². The third-order valence-electron chi connectivity index (χ3n) is 3.71. The number of rotatable bonds is 6. The van der Waals surface area contributed by atoms with Gasteiger partial charge in [-0.05, 0) is 41.8 Å². The van der Waals surface area contributed by atoms with Crippen LogP contribution in [0.1, 0.15) is 30.5 Å². The lowest BCUT2D eigenvalue weighted by Crippen LogP contribution is -2.29. The molecule has 0 aromatic heterocycles. The lowest BCUT2D eigenvalue weighted by atomic mass is 10.0. The monoisotopic (exact) mass is 409 g/mol. The molecule has 0 fully saturated rings. The van der Waals surface area contributed by atoms with Crippen LogP contribution in [0, 0.1) is 0 Å². The van der Waals surface area contributed by atoms with Crippen molar-refractivity contribution in [3.8, 4) is 0 Å². The zero-order valence-corrected chi connectivity index (χ0v) is 16.0. The Bertz CT molecular complexity index is 816. The van der Waals surface area contributed by atoms with E-state index in [0.29, 0.717) is 6.42 Å². The first-order chi connectivity index (χ1) is 11.3. The van der Waals surface area contributed by atoms with E-state index in [1.807, 2.05) is 31.2 Å². The second-order valence-electron chi connectivity index (χ2n) is 5.68. The van der Waals surface area contributed by atoms with Gasteiger partial charge in [0.1, 0.15) is 0 Å². The molecule has 0 saturated heterocycles. The van der Waals surface area contributed by atoms with Gasteiger partial charge in [-0.2, -0.15) is 0 Å². The zero-order valence-electron chi connectivity index (χ0n) is 13.6. The molecule has 0 aliphatic heterocycles. The van der Waals surface area contributed by atoms with Gasteiger partial charge in [0.15, 0.2) is 9.84 Å². The smallest absolute Gasteiger partial charge is 0.224 e. The molecular weight excluding hydrogens is 390 g/mol. The number of halogens is 1. The van der Waals surface area contributed by atoms with Crippen molar-refractivity contribution in [2.75, 3.05) is 6.26 Å². The van der Waals surface area contributed by atoms with Crippen LogP contribution in [0.3, 0.4) is 0 Å². The van der Waals surface area contributed by atoms with Gasteiger partial charge in [-0.1, -0.05) is 47.1 Å². The standard InChI is InChI=1S/C18H20BrNO3S/c1-3-17(14-7-9-16(10-8-14)24(2,22)23)20-18(21)12-13-5-4-6-15(19)11-13/h4-11,17H,3,12H2,1-2H3,(H,20,21). The number of carbonyl (C=O) groups excluding carboxylic acids is 1. The summed E-state index contributed by atoms with van der Waals surface area (Å²) < 4.78 is 24.0. The number of amides is 1. The number of nitrogens with one attached hydrogen (secondary N) is 1. The van der Waals surface area contributed by atoms with Gasteiger partial charge >= 0.3 is 0 Å². The predicted molar refractivity (Wildman–Crippen MR) is 98.6 cm³/mol. The number of benzene rings is 2. The van der Waals surface area contributed by atoms with E-state index >= 15 is 0 Å². The quantitative estimate of drug-likeness (QED) is 0.791. The van der Waals surface area contributed by atoms with Gasteiger partial charge in [0.25, 0.3) is 0 Å². The summed E-state index contributed by atoms with van der Waals surface area (Å²) in [6.45, 7) is 1.98. The highest BCUT2D eigenvalue weighted by molar-refractivity contribution is 9.10. The van der Waals surface area contributed by atoms with Crippen molar-refractivity contribution >= 4 is 31.7 Å². The normalized spacial score (nSPS) is 12.6. The molecule has 0 spiro atoms. The van der Waals surface area contributed by atoms with E-state index in [1.54, 1.807) is 24.3 Å². The van der Waals surface area contributed by atoms with E-state index in [-0.39, 0.29) is 16.8 Å². The topological polar surface area (TPSA) is 63.2 Å². The lowest BCUT2D eigenvalue weighted by molar-refractivity contribution is -0.121. The molecule has 0 aliphatic carbocycles. The van der Waals surface area contributed by atoms with Crippen molar-refractivity contribution in [3.63, 3.8) is 0 Å². The van der Waals surface area contributed by atoms with Crippen LogP contribution in [0.15, 0.2) is 57.9 Å². The fourth-order valence-electron chi connectivity index (χ4n) is 2.45. The second kappa shape index (κ2) is 7.94. The lowest BCUT2D eigenvalue weighted by Gasteiger charge is -2.18. The molecule has 2 rings (SSSR count). The van der Waals surface area contributed by atoms with Gasteiger partial charge in [0.2, 0.25) is 5.91 Å². The van der Waals surface area contributed by atoms with E-state index in [2.05, 4.69) is 21.2 Å². The fraction of sp³-hybridized carbons (Fsp3) is 0.278. The van der Waals surface area contributed by atoms with Gasteiger partial charge in [0.05, 0.1) is 17.4 Å². The summed E-state index contributed by atoms with van der Waals surface area (Å²) in [5.41, 5.74) is 1.83. The zero-order chi connectivity index (χ0) is 17.7. The summed E-state index contributed by atoms with van der Waals surface area (Å²) in [4.78, 5) is 12.5. The van der Waals surface area contributed by atoms with E-state index in [0.717, 1.165) is 22.0 Å². The van der Waals surface area contributed by atoms with Gasteiger partial charge in [-0.3, -0.25) is 4.79 Å². The molecule has 1 N–H and O–H groups in total. The minimum absolute atomic E-state index is 0.0628. The molecule has 0 radical (unpaired) electrons. The predicted octanol–water partition coefficient (Wildman–Crippen LogP) is 3.66. The summed E-state index contributed by atoms with van der Waals surface area (Å²) in [5.74, 6) is -0.0628. The fourth-order valence-corrected chi connectivity index (χ4v) is 3.52. The van der Waals surface area contributed by atoms with E-state index in [9.17, 15) is 13.2 Å². The summed E-state index contributed by atoms with van der Waals surface area (Å²) in [5, 5.41) is 3.01. The number of hydrogen-bond donors (Lipinski definition) is 1. The molecule has 0 aliphatic rings. The Morgan fingerprint density at radius 3 is 2.38 bits per heavy atom. The number of hydrogen-bond acceptors (Lipinski definition) is 3. The summed E-state index contributed by atoms with van der Waals surface area (Å²) in [6, 6.07) is 14.2. The molecule has 0 saturated carbocycles. The first-order valence-electron chi connectivity index (χ1n) is 7.63. The number of carbonyl (C=O) groups is 1. The van der Waals surface area contributed by atoms with Crippen molar-refractivity contribution in [1.29, 1.82) is 0 Å². The second-order valence-corrected chi connectivity index (χ2v) is 8.61. The van der Waals surface area contributed by atoms with Crippen LogP contribution in [-0.4, -0.2) is 20.6 Å². The first-order valence-corrected chi connectivity index (χ1v) is 10.3. The SMILES string of the molecule is CCC(NC(=O)Cc1cccc(Br)c1)c1ccc(S(C)(=O)=O)cc1. The molecule has 6 heteroatoms. The van der Waals surface area contributed by atoms with Crippen LogP contribution in [-0.2, 0) is 21.1 Å². The Morgan fingerprint density at radius 1 is 1.17 bits per heavy atom. The summed E-state index contributed by atoms with van der Waals surface area (Å²) in [7, 11) is -3.21. The summed E-state index contributed by atoms with van der Waals surface area (Å²) in [6.07, 6.45) is 2.21. The van der Waals surface area contributed by atoms with Gasteiger partial charge in [0, 0.05) is 10.7 Å². The van der Waals surface area contributed by atoms with Gasteiger partial charge < -0.3 is 5.32 Å². The van der Waals surface area contributed by atoms with E-state index in [1.165, 1.54) is 6.26 Å². The average Bonchev–Trinajstić information content (AvgIpc) is 2.52. The van der Waals surface area contributed by atoms with Crippen molar-refractivity contribution < 1.29 is 13.2 Å². The molecule has 2 aromatic rings. The van der Waals surface area contributed by atoms with E-state index < -0.39 is 9.84 Å². The van der Waals surface area contributed by atoms with Crippen molar-refractivity contribution in [2.24, 2.45) is 0 Å². The van der Waals surface area contributed by atoms with Crippen LogP contribution in [0.2, 0.25) is 0 Å². The molecule has 4 nitrogen and oxygen atoms in total. The average molecular weight is 410 g/mol. The maximum Gasteiger partial charge on any atom is 0.224 e. The maximum atomic E-state index is 12.3. The Labute approximate surface area is 151 Å². The summed E-state index contributed by atoms with van der Waals surface area (Å²) >= 11 is 3.40. The van der Waals surface area contributed by atoms with E-state index in [4.69, 9.17) is 0 Å². The molecule has 128 valence electrons. The van der Waals surface area contributed by atoms with Crippen LogP contribution in [0.25, 0.3) is 0 Å². The minimum Gasteiger partial charge on any atom is -0.349 e.